The van der Waals surface area contributed by atoms with Crippen LogP contribution in [0.5, 0.6) is 5.75 Å². The van der Waals surface area contributed by atoms with Crippen LogP contribution < -0.4 is 10.1 Å². The molecule has 0 spiro atoms. The van der Waals surface area contributed by atoms with Gasteiger partial charge in [-0.25, -0.2) is 9.37 Å². The summed E-state index contributed by atoms with van der Waals surface area (Å²) in [5.41, 5.74) is 0.977. The quantitative estimate of drug-likeness (QED) is 0.687. The van der Waals surface area contributed by atoms with Gasteiger partial charge in [0.05, 0.1) is 5.02 Å². The van der Waals surface area contributed by atoms with Crippen LogP contribution in [0.15, 0.2) is 54.7 Å². The van der Waals surface area contributed by atoms with Crippen LogP contribution in [0.4, 0.5) is 9.52 Å². The van der Waals surface area contributed by atoms with Gasteiger partial charge in [0.1, 0.15) is 11.6 Å². The summed E-state index contributed by atoms with van der Waals surface area (Å²) in [5, 5.41) is 3.63. The number of para-hydroxylation sites is 1. The van der Waals surface area contributed by atoms with Gasteiger partial charge in [0.2, 0.25) is 0 Å². The molecule has 1 amide bonds. The molecular weight excluding hydrogens is 363 g/mol. The van der Waals surface area contributed by atoms with Crippen molar-refractivity contribution in [2.24, 2.45) is 0 Å². The Kier molecular flexibility index (Phi) is 5.63. The van der Waals surface area contributed by atoms with E-state index in [9.17, 15) is 9.18 Å². The Balaban J connectivity index is 1.53. The van der Waals surface area contributed by atoms with E-state index in [0.717, 1.165) is 10.4 Å². The number of rotatable bonds is 6. The summed E-state index contributed by atoms with van der Waals surface area (Å²) >= 11 is 7.33. The zero-order chi connectivity index (χ0) is 17.6. The van der Waals surface area contributed by atoms with E-state index in [1.54, 1.807) is 42.6 Å². The van der Waals surface area contributed by atoms with E-state index in [1.807, 2.05) is 0 Å². The lowest BCUT2D eigenvalue weighted by molar-refractivity contribution is -0.118. The van der Waals surface area contributed by atoms with Crippen LogP contribution in [0.25, 0.3) is 0 Å². The van der Waals surface area contributed by atoms with Gasteiger partial charge >= 0.3 is 0 Å². The SMILES string of the molecule is O=C(COc1ccccc1Cl)Nc1ncc(Cc2ccc(F)cc2)s1. The average Bonchev–Trinajstić information content (AvgIpc) is 3.03. The number of nitrogens with zero attached hydrogens (tertiary/aromatic N) is 1. The summed E-state index contributed by atoms with van der Waals surface area (Å²) < 4.78 is 18.3. The van der Waals surface area contributed by atoms with Crippen molar-refractivity contribution in [3.05, 3.63) is 76.0 Å². The molecule has 3 rings (SSSR count). The Bertz CT molecular complexity index is 868. The highest BCUT2D eigenvalue weighted by molar-refractivity contribution is 7.15. The van der Waals surface area contributed by atoms with Crippen molar-refractivity contribution in [2.75, 3.05) is 11.9 Å². The number of amides is 1. The van der Waals surface area contributed by atoms with E-state index in [2.05, 4.69) is 10.3 Å². The zero-order valence-corrected chi connectivity index (χ0v) is 14.6. The lowest BCUT2D eigenvalue weighted by Gasteiger charge is -2.06. The van der Waals surface area contributed by atoms with Crippen molar-refractivity contribution in [3.63, 3.8) is 0 Å². The maximum absolute atomic E-state index is 12.9. The maximum atomic E-state index is 12.9. The first-order valence-corrected chi connectivity index (χ1v) is 8.66. The molecule has 2 aromatic carbocycles. The molecule has 0 bridgehead atoms. The molecule has 1 aromatic heterocycles. The number of hydrogen-bond acceptors (Lipinski definition) is 4. The van der Waals surface area contributed by atoms with E-state index in [4.69, 9.17) is 16.3 Å². The normalized spacial score (nSPS) is 10.5. The van der Waals surface area contributed by atoms with E-state index in [1.165, 1.54) is 23.5 Å². The fourth-order valence-corrected chi connectivity index (χ4v) is 3.16. The van der Waals surface area contributed by atoms with Gasteiger partial charge in [0.15, 0.2) is 11.7 Å². The molecule has 0 aliphatic carbocycles. The summed E-state index contributed by atoms with van der Waals surface area (Å²) in [6, 6.07) is 13.2. The van der Waals surface area contributed by atoms with Crippen LogP contribution in [0.3, 0.4) is 0 Å². The highest BCUT2D eigenvalue weighted by Crippen LogP contribution is 2.24. The van der Waals surface area contributed by atoms with Crippen LogP contribution in [0.2, 0.25) is 5.02 Å². The van der Waals surface area contributed by atoms with Crippen molar-refractivity contribution >= 4 is 34.0 Å². The Labute approximate surface area is 153 Å². The molecule has 0 saturated carbocycles. The average molecular weight is 377 g/mol. The minimum atomic E-state index is -0.317. The monoisotopic (exact) mass is 376 g/mol. The van der Waals surface area contributed by atoms with Gasteiger partial charge in [0.25, 0.3) is 5.91 Å². The summed E-state index contributed by atoms with van der Waals surface area (Å²) in [4.78, 5) is 17.1. The number of carbonyl (C=O) groups is 1. The molecule has 0 aliphatic rings. The second-order valence-electron chi connectivity index (χ2n) is 5.20. The second-order valence-corrected chi connectivity index (χ2v) is 6.72. The minimum absolute atomic E-state index is 0.156. The predicted octanol–water partition coefficient (Wildman–Crippen LogP) is 4.54. The summed E-state index contributed by atoms with van der Waals surface area (Å²) in [6.07, 6.45) is 2.32. The number of benzene rings is 2. The molecule has 1 heterocycles. The standard InChI is InChI=1S/C18H14ClFN2O2S/c19-15-3-1-2-4-16(15)24-11-17(23)22-18-21-10-14(25-18)9-12-5-7-13(20)8-6-12/h1-8,10H,9,11H2,(H,21,22,23). The first-order chi connectivity index (χ1) is 12.1. The van der Waals surface area contributed by atoms with Gasteiger partial charge in [-0.15, -0.1) is 11.3 Å². The molecule has 128 valence electrons. The molecule has 7 heteroatoms. The number of ether oxygens (including phenoxy) is 1. The second kappa shape index (κ2) is 8.09. The third-order valence-electron chi connectivity index (χ3n) is 3.29. The molecule has 4 nitrogen and oxygen atoms in total. The van der Waals surface area contributed by atoms with Gasteiger partial charge in [-0.05, 0) is 29.8 Å². The van der Waals surface area contributed by atoms with Crippen LogP contribution in [0.1, 0.15) is 10.4 Å². The molecule has 1 N–H and O–H groups in total. The first kappa shape index (κ1) is 17.4. The molecule has 25 heavy (non-hydrogen) atoms. The first-order valence-electron chi connectivity index (χ1n) is 7.46. The van der Waals surface area contributed by atoms with Crippen molar-refractivity contribution in [3.8, 4) is 5.75 Å². The highest BCUT2D eigenvalue weighted by atomic mass is 35.5. The molecule has 0 fully saturated rings. The van der Waals surface area contributed by atoms with Crippen molar-refractivity contribution in [1.82, 2.24) is 4.98 Å². The van der Waals surface area contributed by atoms with E-state index in [0.29, 0.717) is 22.3 Å². The summed E-state index contributed by atoms with van der Waals surface area (Å²) in [6.45, 7) is -0.156. The largest absolute Gasteiger partial charge is 0.482 e. The van der Waals surface area contributed by atoms with Gasteiger partial charge < -0.3 is 4.74 Å². The predicted molar refractivity (Wildman–Crippen MR) is 96.9 cm³/mol. The number of nitrogens with one attached hydrogen (secondary N) is 1. The fraction of sp³-hybridized carbons (Fsp3) is 0.111. The molecule has 3 aromatic rings. The molecule has 0 radical (unpaired) electrons. The smallest absolute Gasteiger partial charge is 0.264 e. The zero-order valence-electron chi connectivity index (χ0n) is 13.0. The van der Waals surface area contributed by atoms with Gasteiger partial charge in [-0.3, -0.25) is 10.1 Å². The maximum Gasteiger partial charge on any atom is 0.264 e. The van der Waals surface area contributed by atoms with Crippen LogP contribution in [-0.2, 0) is 11.2 Å². The van der Waals surface area contributed by atoms with Gasteiger partial charge in [0, 0.05) is 17.5 Å². The fourth-order valence-electron chi connectivity index (χ4n) is 2.11. The Morgan fingerprint density at radius 2 is 1.96 bits per heavy atom. The molecular formula is C18H14ClFN2O2S. The number of carbonyl (C=O) groups excluding carboxylic acids is 1. The Morgan fingerprint density at radius 1 is 1.20 bits per heavy atom. The molecule has 0 aliphatic heterocycles. The van der Waals surface area contributed by atoms with E-state index < -0.39 is 0 Å². The third kappa shape index (κ3) is 5.01. The highest BCUT2D eigenvalue weighted by Gasteiger charge is 2.09. The van der Waals surface area contributed by atoms with Crippen molar-refractivity contribution < 1.29 is 13.9 Å². The lowest BCUT2D eigenvalue weighted by Crippen LogP contribution is -2.20. The van der Waals surface area contributed by atoms with Gasteiger partial charge in [-0.2, -0.15) is 0 Å². The van der Waals surface area contributed by atoms with E-state index in [-0.39, 0.29) is 18.3 Å². The van der Waals surface area contributed by atoms with E-state index >= 15 is 0 Å². The number of anilines is 1. The number of hydrogen-bond donors (Lipinski definition) is 1. The number of thiazole rings is 1. The van der Waals surface area contributed by atoms with Crippen molar-refractivity contribution in [2.45, 2.75) is 6.42 Å². The number of halogens is 2. The molecule has 0 unspecified atom stereocenters. The summed E-state index contributed by atoms with van der Waals surface area (Å²) in [5.74, 6) is -0.127. The molecule has 0 atom stereocenters. The number of aromatic nitrogens is 1. The van der Waals surface area contributed by atoms with Gasteiger partial charge in [-0.1, -0.05) is 35.9 Å². The Morgan fingerprint density at radius 3 is 2.72 bits per heavy atom. The minimum Gasteiger partial charge on any atom is -0.482 e. The topological polar surface area (TPSA) is 51.2 Å². The van der Waals surface area contributed by atoms with Crippen molar-refractivity contribution in [1.29, 1.82) is 0 Å². The third-order valence-corrected chi connectivity index (χ3v) is 4.51. The lowest BCUT2D eigenvalue weighted by atomic mass is 10.1. The van der Waals surface area contributed by atoms with Crippen LogP contribution in [0, 0.1) is 5.82 Å². The Hall–Kier alpha value is -2.44. The van der Waals surface area contributed by atoms with Crippen LogP contribution >= 0.6 is 22.9 Å². The summed E-state index contributed by atoms with van der Waals surface area (Å²) in [7, 11) is 0. The van der Waals surface area contributed by atoms with Crippen LogP contribution in [-0.4, -0.2) is 17.5 Å². The molecule has 0 saturated heterocycles.